The summed E-state index contributed by atoms with van der Waals surface area (Å²) in [7, 11) is 0. The highest BCUT2D eigenvalue weighted by Crippen LogP contribution is 2.29. The fraction of sp³-hybridized carbons (Fsp3) is 0.125. The molecular formula is C24H20N4O4S. The van der Waals surface area contributed by atoms with E-state index in [-0.39, 0.29) is 21.9 Å². The van der Waals surface area contributed by atoms with Gasteiger partial charge in [-0.25, -0.2) is 4.98 Å². The van der Waals surface area contributed by atoms with Crippen molar-refractivity contribution in [2.75, 3.05) is 5.32 Å². The van der Waals surface area contributed by atoms with Crippen LogP contribution in [0.15, 0.2) is 59.0 Å². The molecular weight excluding hydrogens is 440 g/mol. The number of thiocarbonyl (C=S) groups is 1. The minimum atomic E-state index is -0.533. The molecule has 0 saturated carbocycles. The van der Waals surface area contributed by atoms with Crippen molar-refractivity contribution in [3.05, 3.63) is 87.0 Å². The number of carbonyl (C=O) groups is 1. The summed E-state index contributed by atoms with van der Waals surface area (Å²) in [5, 5.41) is 16.7. The number of nitrogens with one attached hydrogen (secondary N) is 2. The van der Waals surface area contributed by atoms with Gasteiger partial charge in [-0.1, -0.05) is 18.2 Å². The Morgan fingerprint density at radius 3 is 2.61 bits per heavy atom. The lowest BCUT2D eigenvalue weighted by Gasteiger charge is -2.11. The molecule has 0 aliphatic carbocycles. The Morgan fingerprint density at radius 2 is 1.85 bits per heavy atom. The molecule has 33 heavy (non-hydrogen) atoms. The maximum Gasteiger partial charge on any atom is 0.273 e. The summed E-state index contributed by atoms with van der Waals surface area (Å²) in [6, 6.07) is 15.6. The maximum atomic E-state index is 12.6. The van der Waals surface area contributed by atoms with Crippen molar-refractivity contribution >= 4 is 45.7 Å². The Kier molecular flexibility index (Phi) is 5.89. The van der Waals surface area contributed by atoms with Crippen molar-refractivity contribution < 1.29 is 14.1 Å². The zero-order chi connectivity index (χ0) is 23.7. The third-order valence-corrected chi connectivity index (χ3v) is 5.37. The molecule has 0 aliphatic rings. The molecule has 166 valence electrons. The van der Waals surface area contributed by atoms with Gasteiger partial charge in [0.25, 0.3) is 11.6 Å². The second-order valence-electron chi connectivity index (χ2n) is 7.64. The zero-order valence-corrected chi connectivity index (χ0v) is 18.9. The van der Waals surface area contributed by atoms with Crippen LogP contribution in [-0.2, 0) is 0 Å². The van der Waals surface area contributed by atoms with E-state index in [1.165, 1.54) is 25.1 Å². The van der Waals surface area contributed by atoms with Gasteiger partial charge >= 0.3 is 0 Å². The SMILES string of the molecule is Cc1cc(C)c2oc(-c3cccc(NC(=S)NC(=O)c4cccc([N+](=O)[O-])c4C)c3)nc2c1. The Labute approximate surface area is 194 Å². The van der Waals surface area contributed by atoms with E-state index in [0.29, 0.717) is 11.6 Å². The summed E-state index contributed by atoms with van der Waals surface area (Å²) < 4.78 is 5.97. The van der Waals surface area contributed by atoms with Crippen LogP contribution in [0.25, 0.3) is 22.6 Å². The van der Waals surface area contributed by atoms with Crippen molar-refractivity contribution in [3.8, 4) is 11.5 Å². The fourth-order valence-corrected chi connectivity index (χ4v) is 3.84. The van der Waals surface area contributed by atoms with E-state index in [0.717, 1.165) is 27.8 Å². The Balaban J connectivity index is 1.52. The topological polar surface area (TPSA) is 110 Å². The van der Waals surface area contributed by atoms with Crippen LogP contribution < -0.4 is 10.6 Å². The predicted octanol–water partition coefficient (Wildman–Crippen LogP) is 5.46. The van der Waals surface area contributed by atoms with Crippen molar-refractivity contribution in [3.63, 3.8) is 0 Å². The van der Waals surface area contributed by atoms with Gasteiger partial charge in [-0.05, 0) is 74.4 Å². The number of rotatable bonds is 4. The van der Waals surface area contributed by atoms with Gasteiger partial charge < -0.3 is 9.73 Å². The number of anilines is 1. The quantitative estimate of drug-likeness (QED) is 0.236. The lowest BCUT2D eigenvalue weighted by atomic mass is 10.1. The number of fused-ring (bicyclic) bond motifs is 1. The number of nitro groups is 1. The van der Waals surface area contributed by atoms with E-state index in [1.54, 1.807) is 6.07 Å². The second kappa shape index (κ2) is 8.79. The number of hydrogen-bond donors (Lipinski definition) is 2. The largest absolute Gasteiger partial charge is 0.436 e. The van der Waals surface area contributed by atoms with E-state index in [1.807, 2.05) is 44.2 Å². The summed E-state index contributed by atoms with van der Waals surface area (Å²) in [5.74, 6) is -0.0563. The standard InChI is InChI=1S/C24H20N4O4S/c1-13-10-14(2)21-19(11-13)26-23(32-21)16-6-4-7-17(12-16)25-24(33)27-22(29)18-8-5-9-20(15(18)3)28(30)31/h4-12H,1-3H3,(H2,25,27,29,33). The van der Waals surface area contributed by atoms with E-state index in [2.05, 4.69) is 15.6 Å². The van der Waals surface area contributed by atoms with E-state index < -0.39 is 10.8 Å². The van der Waals surface area contributed by atoms with Crippen LogP contribution >= 0.6 is 12.2 Å². The van der Waals surface area contributed by atoms with Crippen LogP contribution in [0.4, 0.5) is 11.4 Å². The highest BCUT2D eigenvalue weighted by Gasteiger charge is 2.19. The molecule has 0 unspecified atom stereocenters. The van der Waals surface area contributed by atoms with Crippen molar-refractivity contribution in [2.24, 2.45) is 0 Å². The van der Waals surface area contributed by atoms with Gasteiger partial charge in [0.2, 0.25) is 5.89 Å². The molecule has 2 N–H and O–H groups in total. The number of oxazole rings is 1. The molecule has 0 radical (unpaired) electrons. The number of aromatic nitrogens is 1. The summed E-state index contributed by atoms with van der Waals surface area (Å²) in [5.41, 5.74) is 5.35. The highest BCUT2D eigenvalue weighted by atomic mass is 32.1. The number of amides is 1. The van der Waals surface area contributed by atoms with Crippen LogP contribution in [0.3, 0.4) is 0 Å². The van der Waals surface area contributed by atoms with Gasteiger partial charge in [0.1, 0.15) is 5.52 Å². The normalized spacial score (nSPS) is 10.8. The Morgan fingerprint density at radius 1 is 1.09 bits per heavy atom. The second-order valence-corrected chi connectivity index (χ2v) is 8.05. The number of nitrogens with zero attached hydrogens (tertiary/aromatic N) is 2. The average Bonchev–Trinajstić information content (AvgIpc) is 3.18. The lowest BCUT2D eigenvalue weighted by Crippen LogP contribution is -2.34. The molecule has 1 aromatic heterocycles. The van der Waals surface area contributed by atoms with Crippen LogP contribution in [0, 0.1) is 30.9 Å². The molecule has 4 aromatic rings. The molecule has 0 atom stereocenters. The van der Waals surface area contributed by atoms with Crippen molar-refractivity contribution in [2.45, 2.75) is 20.8 Å². The molecule has 8 nitrogen and oxygen atoms in total. The first-order valence-corrected chi connectivity index (χ1v) is 10.5. The summed E-state index contributed by atoms with van der Waals surface area (Å²) in [6.07, 6.45) is 0. The van der Waals surface area contributed by atoms with Gasteiger partial charge in [-0.2, -0.15) is 0 Å². The summed E-state index contributed by atoms with van der Waals surface area (Å²) in [4.78, 5) is 27.8. The van der Waals surface area contributed by atoms with Crippen LogP contribution in [0.5, 0.6) is 0 Å². The minimum Gasteiger partial charge on any atom is -0.436 e. The van der Waals surface area contributed by atoms with Gasteiger partial charge in [-0.3, -0.25) is 20.2 Å². The highest BCUT2D eigenvalue weighted by molar-refractivity contribution is 7.80. The van der Waals surface area contributed by atoms with Crippen LogP contribution in [-0.4, -0.2) is 20.9 Å². The predicted molar refractivity (Wildman–Crippen MR) is 130 cm³/mol. The van der Waals surface area contributed by atoms with Gasteiger partial charge in [0, 0.05) is 28.4 Å². The number of nitro benzene ring substituents is 1. The molecule has 0 fully saturated rings. The number of hydrogen-bond acceptors (Lipinski definition) is 6. The summed E-state index contributed by atoms with van der Waals surface area (Å²) in [6.45, 7) is 5.51. The Bertz CT molecular complexity index is 1430. The van der Waals surface area contributed by atoms with Gasteiger partial charge in [0.05, 0.1) is 4.92 Å². The van der Waals surface area contributed by atoms with Gasteiger partial charge in [0.15, 0.2) is 10.7 Å². The van der Waals surface area contributed by atoms with E-state index in [4.69, 9.17) is 16.6 Å². The van der Waals surface area contributed by atoms with Crippen LogP contribution in [0.1, 0.15) is 27.0 Å². The third kappa shape index (κ3) is 4.58. The van der Waals surface area contributed by atoms with Gasteiger partial charge in [-0.15, -0.1) is 0 Å². The van der Waals surface area contributed by atoms with Crippen molar-refractivity contribution in [1.82, 2.24) is 10.3 Å². The minimum absolute atomic E-state index is 0.0621. The van der Waals surface area contributed by atoms with E-state index in [9.17, 15) is 14.9 Å². The molecule has 0 spiro atoms. The first-order chi connectivity index (χ1) is 15.7. The first kappa shape index (κ1) is 22.1. The summed E-state index contributed by atoms with van der Waals surface area (Å²) >= 11 is 5.27. The maximum absolute atomic E-state index is 12.6. The van der Waals surface area contributed by atoms with Crippen molar-refractivity contribution in [1.29, 1.82) is 0 Å². The third-order valence-electron chi connectivity index (χ3n) is 5.16. The molecule has 1 heterocycles. The molecule has 1 amide bonds. The van der Waals surface area contributed by atoms with E-state index >= 15 is 0 Å². The molecule has 4 rings (SSSR count). The number of carbonyl (C=O) groups excluding carboxylic acids is 1. The van der Waals surface area contributed by atoms with Crippen LogP contribution in [0.2, 0.25) is 0 Å². The smallest absolute Gasteiger partial charge is 0.273 e. The average molecular weight is 461 g/mol. The number of benzene rings is 3. The first-order valence-electron chi connectivity index (χ1n) is 10.1. The number of aryl methyl sites for hydroxylation is 2. The molecule has 0 aliphatic heterocycles. The zero-order valence-electron chi connectivity index (χ0n) is 18.1. The monoisotopic (exact) mass is 460 g/mol. The molecule has 0 saturated heterocycles. The molecule has 0 bridgehead atoms. The Hall–Kier alpha value is -4.11. The fourth-order valence-electron chi connectivity index (χ4n) is 3.63. The lowest BCUT2D eigenvalue weighted by molar-refractivity contribution is -0.385. The molecule has 3 aromatic carbocycles. The molecule has 9 heteroatoms.